The Morgan fingerprint density at radius 1 is 0.481 bits per heavy atom. The summed E-state index contributed by atoms with van der Waals surface area (Å²) in [6.45, 7) is 4.30. The van der Waals surface area contributed by atoms with Crippen LogP contribution >= 0.6 is 0 Å². The maximum atomic E-state index is 13.0. The molecule has 1 heterocycles. The number of esters is 1. The van der Waals surface area contributed by atoms with Gasteiger partial charge in [-0.25, -0.2) is 0 Å². The summed E-state index contributed by atoms with van der Waals surface area (Å²) in [5, 5.41) is 54.2. The number of carbonyl (C=O) groups excluding carboxylic acids is 2. The molecule has 0 aromatic rings. The lowest BCUT2D eigenvalue weighted by molar-refractivity contribution is -0.302. The number of unbranched alkanes of at least 4 members (excludes halogenated alkanes) is 36. The standard InChI is InChI=1S/C66H121NO10/c1-3-5-7-9-11-13-14-30-34-38-42-46-50-54-62(71)75-55-51-47-43-39-35-32-29-27-25-23-21-19-17-15-16-18-20-22-24-26-28-31-33-37-41-45-49-53-61(70)67-58(59(69)52-48-44-40-36-12-10-8-6-4-2)57-76-66-65(74)64(73)63(72)60(56-68)77-66/h13-16,19,21,48,52,58-60,63-66,68-69,72-74H,3-12,17-18,20,22-47,49-51,53-57H2,1-2H3,(H,67,70)/b14-13-,16-15-,21-19-,52-48+. The van der Waals surface area contributed by atoms with Crippen molar-refractivity contribution in [1.82, 2.24) is 5.32 Å². The van der Waals surface area contributed by atoms with Crippen molar-refractivity contribution in [1.29, 1.82) is 0 Å². The largest absolute Gasteiger partial charge is 0.466 e. The Morgan fingerprint density at radius 3 is 1.34 bits per heavy atom. The van der Waals surface area contributed by atoms with Gasteiger partial charge < -0.3 is 45.1 Å². The van der Waals surface area contributed by atoms with Crippen molar-refractivity contribution in [2.75, 3.05) is 19.8 Å². The minimum atomic E-state index is -1.57. The quantitative estimate of drug-likeness (QED) is 0.0195. The maximum absolute atomic E-state index is 13.0. The number of hydrogen-bond donors (Lipinski definition) is 6. The summed E-state index contributed by atoms with van der Waals surface area (Å²) in [5.74, 6) is -0.196. The van der Waals surface area contributed by atoms with Gasteiger partial charge in [-0.15, -0.1) is 0 Å². The second-order valence-corrected chi connectivity index (χ2v) is 22.5. The molecule has 1 aliphatic heterocycles. The van der Waals surface area contributed by atoms with E-state index in [0.29, 0.717) is 19.4 Å². The van der Waals surface area contributed by atoms with Crippen molar-refractivity contribution in [2.45, 2.75) is 339 Å². The summed E-state index contributed by atoms with van der Waals surface area (Å²) in [5.41, 5.74) is 0. The highest BCUT2D eigenvalue weighted by Gasteiger charge is 2.44. The normalized spacial score (nSPS) is 18.9. The van der Waals surface area contributed by atoms with E-state index in [4.69, 9.17) is 14.2 Å². The van der Waals surface area contributed by atoms with E-state index in [1.807, 2.05) is 6.08 Å². The van der Waals surface area contributed by atoms with E-state index in [9.17, 15) is 35.1 Å². The zero-order valence-corrected chi connectivity index (χ0v) is 49.7. The number of hydrogen-bond acceptors (Lipinski definition) is 10. The summed E-state index contributed by atoms with van der Waals surface area (Å²) in [6.07, 6.45) is 60.9. The molecular weight excluding hydrogens is 967 g/mol. The van der Waals surface area contributed by atoms with Gasteiger partial charge in [0.1, 0.15) is 24.4 Å². The average molecular weight is 1090 g/mol. The lowest BCUT2D eigenvalue weighted by Crippen LogP contribution is -2.60. The summed E-state index contributed by atoms with van der Waals surface area (Å²) in [4.78, 5) is 25.0. The molecule has 77 heavy (non-hydrogen) atoms. The Balaban J connectivity index is 1.98. The molecule has 11 nitrogen and oxygen atoms in total. The van der Waals surface area contributed by atoms with Crippen LogP contribution < -0.4 is 5.32 Å². The van der Waals surface area contributed by atoms with Gasteiger partial charge in [0.15, 0.2) is 6.29 Å². The molecule has 1 aliphatic rings. The second kappa shape index (κ2) is 55.5. The number of amides is 1. The van der Waals surface area contributed by atoms with Crippen LogP contribution in [0.5, 0.6) is 0 Å². The Bertz CT molecular complexity index is 1420. The van der Waals surface area contributed by atoms with Crippen LogP contribution in [0.1, 0.15) is 296 Å². The summed E-state index contributed by atoms with van der Waals surface area (Å²) >= 11 is 0. The van der Waals surface area contributed by atoms with Gasteiger partial charge in [-0.2, -0.15) is 0 Å². The van der Waals surface area contributed by atoms with Crippen molar-refractivity contribution in [3.05, 3.63) is 48.6 Å². The molecule has 0 aromatic heterocycles. The van der Waals surface area contributed by atoms with Crippen LogP contribution in [0, 0.1) is 0 Å². The molecular formula is C66H121NO10. The van der Waals surface area contributed by atoms with Crippen molar-refractivity contribution >= 4 is 11.9 Å². The number of aliphatic hydroxyl groups is 5. The smallest absolute Gasteiger partial charge is 0.305 e. The molecule has 0 saturated carbocycles. The highest BCUT2D eigenvalue weighted by Crippen LogP contribution is 2.23. The Morgan fingerprint density at radius 2 is 0.870 bits per heavy atom. The highest BCUT2D eigenvalue weighted by molar-refractivity contribution is 5.76. The van der Waals surface area contributed by atoms with Crippen LogP contribution in [0.25, 0.3) is 0 Å². The Labute approximate surface area is 472 Å². The van der Waals surface area contributed by atoms with Crippen LogP contribution in [0.3, 0.4) is 0 Å². The van der Waals surface area contributed by atoms with Crippen LogP contribution in [0.15, 0.2) is 48.6 Å². The van der Waals surface area contributed by atoms with E-state index < -0.39 is 49.5 Å². The molecule has 6 N–H and O–H groups in total. The fourth-order valence-electron chi connectivity index (χ4n) is 9.99. The molecule has 7 unspecified atom stereocenters. The predicted molar refractivity (Wildman–Crippen MR) is 320 cm³/mol. The van der Waals surface area contributed by atoms with Crippen LogP contribution in [-0.4, -0.2) is 100 Å². The van der Waals surface area contributed by atoms with Gasteiger partial charge in [-0.3, -0.25) is 9.59 Å². The lowest BCUT2D eigenvalue weighted by atomic mass is 9.99. The third-order valence-corrected chi connectivity index (χ3v) is 15.2. The number of aliphatic hydroxyl groups excluding tert-OH is 5. The molecule has 1 amide bonds. The Kier molecular flexibility index (Phi) is 52.4. The van der Waals surface area contributed by atoms with Gasteiger partial charge in [0.05, 0.1) is 32.0 Å². The van der Waals surface area contributed by atoms with E-state index in [-0.39, 0.29) is 18.5 Å². The predicted octanol–water partition coefficient (Wildman–Crippen LogP) is 15.6. The van der Waals surface area contributed by atoms with E-state index >= 15 is 0 Å². The summed E-state index contributed by atoms with van der Waals surface area (Å²) in [6, 6.07) is -0.811. The average Bonchev–Trinajstić information content (AvgIpc) is 3.43. The summed E-state index contributed by atoms with van der Waals surface area (Å²) < 4.78 is 16.7. The SMILES string of the molecule is CCCCCC/C=C\CCCCCCCC(=O)OCCCCCCCCCCC/C=C\C/C=C\CCCCCCCCCCCCCC(=O)NC(COC1OC(CO)C(O)C(O)C1O)C(O)/C=C/CCCCCCCCC. The van der Waals surface area contributed by atoms with Crippen LogP contribution in [-0.2, 0) is 23.8 Å². The van der Waals surface area contributed by atoms with Crippen molar-refractivity contribution in [3.8, 4) is 0 Å². The van der Waals surface area contributed by atoms with Crippen molar-refractivity contribution < 1.29 is 49.3 Å². The topological polar surface area (TPSA) is 175 Å². The number of nitrogens with one attached hydrogen (secondary N) is 1. The van der Waals surface area contributed by atoms with Gasteiger partial charge in [0.25, 0.3) is 0 Å². The minimum Gasteiger partial charge on any atom is -0.466 e. The second-order valence-electron chi connectivity index (χ2n) is 22.5. The number of rotatable bonds is 56. The molecule has 0 spiro atoms. The van der Waals surface area contributed by atoms with Crippen molar-refractivity contribution in [2.24, 2.45) is 0 Å². The first kappa shape index (κ1) is 72.6. The minimum absolute atomic E-state index is 0.00861. The summed E-state index contributed by atoms with van der Waals surface area (Å²) in [7, 11) is 0. The first-order valence-corrected chi connectivity index (χ1v) is 32.4. The van der Waals surface area contributed by atoms with Gasteiger partial charge in [-0.05, 0) is 89.9 Å². The number of allylic oxidation sites excluding steroid dienone is 7. The fraction of sp³-hybridized carbons (Fsp3) is 0.848. The highest BCUT2D eigenvalue weighted by atomic mass is 16.7. The molecule has 450 valence electrons. The van der Waals surface area contributed by atoms with Gasteiger partial charge in [-0.1, -0.05) is 242 Å². The molecule has 1 rings (SSSR count). The molecule has 1 fully saturated rings. The van der Waals surface area contributed by atoms with E-state index in [0.717, 1.165) is 70.6 Å². The van der Waals surface area contributed by atoms with E-state index in [1.54, 1.807) is 6.08 Å². The number of carbonyl (C=O) groups is 2. The first-order chi connectivity index (χ1) is 37.7. The molecule has 0 bridgehead atoms. The molecule has 0 aromatic carbocycles. The maximum Gasteiger partial charge on any atom is 0.305 e. The first-order valence-electron chi connectivity index (χ1n) is 32.4. The van der Waals surface area contributed by atoms with Crippen LogP contribution in [0.2, 0.25) is 0 Å². The van der Waals surface area contributed by atoms with Gasteiger partial charge >= 0.3 is 5.97 Å². The third kappa shape index (κ3) is 45.0. The fourth-order valence-corrected chi connectivity index (χ4v) is 9.99. The number of ether oxygens (including phenoxy) is 3. The lowest BCUT2D eigenvalue weighted by Gasteiger charge is -2.40. The zero-order valence-electron chi connectivity index (χ0n) is 49.7. The zero-order chi connectivity index (χ0) is 55.9. The van der Waals surface area contributed by atoms with Gasteiger partial charge in [0, 0.05) is 12.8 Å². The van der Waals surface area contributed by atoms with Gasteiger partial charge in [0.2, 0.25) is 5.91 Å². The van der Waals surface area contributed by atoms with Crippen molar-refractivity contribution in [3.63, 3.8) is 0 Å². The molecule has 11 heteroatoms. The molecule has 7 atom stereocenters. The van der Waals surface area contributed by atoms with E-state index in [2.05, 4.69) is 55.6 Å². The molecule has 0 aliphatic carbocycles. The third-order valence-electron chi connectivity index (χ3n) is 15.2. The Hall–Kier alpha value is -2.38. The molecule has 1 saturated heterocycles. The van der Waals surface area contributed by atoms with Crippen LogP contribution in [0.4, 0.5) is 0 Å². The molecule has 0 radical (unpaired) electrons. The monoisotopic (exact) mass is 1090 g/mol. The van der Waals surface area contributed by atoms with E-state index in [1.165, 1.54) is 199 Å².